The summed E-state index contributed by atoms with van der Waals surface area (Å²) in [5.41, 5.74) is 1.68. The zero-order valence-electron chi connectivity index (χ0n) is 18.1. The molecule has 1 amide bonds. The van der Waals surface area contributed by atoms with Crippen molar-refractivity contribution in [2.45, 2.75) is 18.9 Å². The monoisotopic (exact) mass is 481 g/mol. The first-order chi connectivity index (χ1) is 16.0. The fraction of sp³-hybridized carbons (Fsp3) is 0.240. The van der Waals surface area contributed by atoms with Crippen LogP contribution in [-0.2, 0) is 14.3 Å². The molecule has 8 heteroatoms. The molecule has 2 aromatic carbocycles. The van der Waals surface area contributed by atoms with Gasteiger partial charge in [-0.05, 0) is 60.4 Å². The third-order valence-electron chi connectivity index (χ3n) is 5.21. The van der Waals surface area contributed by atoms with Gasteiger partial charge in [0.05, 0.1) is 24.7 Å². The smallest absolute Gasteiger partial charge is 0.336 e. The van der Waals surface area contributed by atoms with Crippen LogP contribution >= 0.6 is 24.0 Å². The zero-order valence-corrected chi connectivity index (χ0v) is 19.7. The first kappa shape index (κ1) is 23.2. The average molecular weight is 482 g/mol. The van der Waals surface area contributed by atoms with Gasteiger partial charge in [0.1, 0.15) is 15.8 Å². The van der Waals surface area contributed by atoms with Crippen LogP contribution in [0.4, 0.5) is 0 Å². The third-order valence-corrected chi connectivity index (χ3v) is 6.59. The number of benzene rings is 2. The summed E-state index contributed by atoms with van der Waals surface area (Å²) in [6.07, 6.45) is 6.86. The molecule has 2 heterocycles. The molecular weight excluding hydrogens is 458 g/mol. The highest BCUT2D eigenvalue weighted by molar-refractivity contribution is 8.26. The number of rotatable bonds is 7. The van der Waals surface area contributed by atoms with Gasteiger partial charge in [-0.15, -0.1) is 0 Å². The molecule has 1 unspecified atom stereocenters. The van der Waals surface area contributed by atoms with Crippen molar-refractivity contribution in [1.82, 2.24) is 4.90 Å². The molecule has 2 aliphatic heterocycles. The maximum atomic E-state index is 12.8. The van der Waals surface area contributed by atoms with Gasteiger partial charge in [0, 0.05) is 12.7 Å². The summed E-state index contributed by atoms with van der Waals surface area (Å²) in [5.74, 6) is 0.593. The predicted octanol–water partition coefficient (Wildman–Crippen LogP) is 4.69. The van der Waals surface area contributed by atoms with Gasteiger partial charge in [-0.1, -0.05) is 48.2 Å². The van der Waals surface area contributed by atoms with Crippen molar-refractivity contribution in [3.63, 3.8) is 0 Å². The summed E-state index contributed by atoms with van der Waals surface area (Å²) in [7, 11) is 1.60. The van der Waals surface area contributed by atoms with Crippen LogP contribution in [0.25, 0.3) is 12.2 Å². The van der Waals surface area contributed by atoms with Gasteiger partial charge in [0.15, 0.2) is 0 Å². The molecule has 0 aliphatic carbocycles. The minimum absolute atomic E-state index is 0.0552. The summed E-state index contributed by atoms with van der Waals surface area (Å²) in [5, 5.41) is 0. The molecule has 0 saturated carbocycles. The molecule has 0 aromatic heterocycles. The second-order valence-corrected chi connectivity index (χ2v) is 9.20. The number of carbonyl (C=O) groups is 2. The van der Waals surface area contributed by atoms with E-state index < -0.39 is 5.97 Å². The molecule has 0 spiro atoms. The van der Waals surface area contributed by atoms with Gasteiger partial charge in [-0.2, -0.15) is 0 Å². The molecule has 0 bridgehead atoms. The fourth-order valence-electron chi connectivity index (χ4n) is 3.46. The number of ether oxygens (including phenoxy) is 3. The van der Waals surface area contributed by atoms with Crippen LogP contribution in [0, 0.1) is 0 Å². The van der Waals surface area contributed by atoms with Crippen LogP contribution in [-0.4, -0.2) is 47.5 Å². The van der Waals surface area contributed by atoms with E-state index in [9.17, 15) is 9.59 Å². The second kappa shape index (κ2) is 10.8. The topological polar surface area (TPSA) is 65.1 Å². The van der Waals surface area contributed by atoms with Crippen LogP contribution in [0.15, 0.2) is 59.5 Å². The SMILES string of the molecule is COc1ccc(C=CC(=O)Oc2ccc(C=C3SC(=S)N(CC4CCCO4)C3=O)cc2)cc1. The molecule has 6 nitrogen and oxygen atoms in total. The Morgan fingerprint density at radius 1 is 1.15 bits per heavy atom. The number of methoxy groups -OCH3 is 1. The summed E-state index contributed by atoms with van der Waals surface area (Å²) in [6.45, 7) is 1.24. The lowest BCUT2D eigenvalue weighted by molar-refractivity contribution is -0.129. The lowest BCUT2D eigenvalue weighted by Crippen LogP contribution is -2.35. The molecule has 4 rings (SSSR count). The standard InChI is InChI=1S/C25H23NO5S2/c1-29-19-9-4-17(5-10-19)8-13-23(27)31-20-11-6-18(7-12-20)15-22-24(28)26(25(32)33-22)16-21-3-2-14-30-21/h4-13,15,21H,2-3,14,16H2,1H3. The maximum absolute atomic E-state index is 12.8. The Hall–Kier alpha value is -2.94. The lowest BCUT2D eigenvalue weighted by Gasteiger charge is -2.18. The number of hydrogen-bond donors (Lipinski definition) is 0. The molecule has 2 aromatic rings. The quantitative estimate of drug-likeness (QED) is 0.246. The molecule has 1 atom stereocenters. The normalized spacial score (nSPS) is 19.6. The molecule has 2 fully saturated rings. The second-order valence-electron chi connectivity index (χ2n) is 7.52. The van der Waals surface area contributed by atoms with E-state index >= 15 is 0 Å². The van der Waals surface area contributed by atoms with E-state index in [0.717, 1.165) is 36.3 Å². The van der Waals surface area contributed by atoms with Gasteiger partial charge in [0.25, 0.3) is 5.91 Å². The summed E-state index contributed by atoms with van der Waals surface area (Å²) in [6, 6.07) is 14.3. The van der Waals surface area contributed by atoms with Crippen LogP contribution in [0.2, 0.25) is 0 Å². The van der Waals surface area contributed by atoms with E-state index in [1.165, 1.54) is 17.8 Å². The van der Waals surface area contributed by atoms with Crippen molar-refractivity contribution in [2.75, 3.05) is 20.3 Å². The Morgan fingerprint density at radius 3 is 2.52 bits per heavy atom. The van der Waals surface area contributed by atoms with Crippen LogP contribution in [0.5, 0.6) is 11.5 Å². The van der Waals surface area contributed by atoms with Crippen molar-refractivity contribution in [2.24, 2.45) is 0 Å². The Labute approximate surface area is 202 Å². The van der Waals surface area contributed by atoms with E-state index in [4.69, 9.17) is 26.4 Å². The molecular formula is C25H23NO5S2. The highest BCUT2D eigenvalue weighted by atomic mass is 32.2. The predicted molar refractivity (Wildman–Crippen MR) is 133 cm³/mol. The number of esters is 1. The van der Waals surface area contributed by atoms with Crippen LogP contribution in [0.1, 0.15) is 24.0 Å². The highest BCUT2D eigenvalue weighted by Gasteiger charge is 2.34. The largest absolute Gasteiger partial charge is 0.497 e. The molecule has 0 radical (unpaired) electrons. The molecule has 2 saturated heterocycles. The van der Waals surface area contributed by atoms with Crippen molar-refractivity contribution in [3.05, 3.63) is 70.6 Å². The van der Waals surface area contributed by atoms with Crippen molar-refractivity contribution in [1.29, 1.82) is 0 Å². The zero-order chi connectivity index (χ0) is 23.2. The first-order valence-electron chi connectivity index (χ1n) is 10.5. The maximum Gasteiger partial charge on any atom is 0.336 e. The van der Waals surface area contributed by atoms with E-state index in [1.807, 2.05) is 24.3 Å². The summed E-state index contributed by atoms with van der Waals surface area (Å²) in [4.78, 5) is 27.1. The highest BCUT2D eigenvalue weighted by Crippen LogP contribution is 2.33. The Bertz CT molecular complexity index is 1090. The Balaban J connectivity index is 1.34. The number of nitrogens with zero attached hydrogens (tertiary/aromatic N) is 1. The molecule has 2 aliphatic rings. The van der Waals surface area contributed by atoms with Crippen LogP contribution in [0.3, 0.4) is 0 Å². The lowest BCUT2D eigenvalue weighted by atomic mass is 10.2. The van der Waals surface area contributed by atoms with E-state index in [1.54, 1.807) is 48.4 Å². The number of thiocarbonyl (C=S) groups is 1. The van der Waals surface area contributed by atoms with Crippen molar-refractivity contribution < 1.29 is 23.8 Å². The fourth-order valence-corrected chi connectivity index (χ4v) is 4.74. The van der Waals surface area contributed by atoms with Gasteiger partial charge in [-0.3, -0.25) is 9.69 Å². The van der Waals surface area contributed by atoms with Gasteiger partial charge in [0.2, 0.25) is 0 Å². The number of amides is 1. The molecule has 33 heavy (non-hydrogen) atoms. The molecule has 170 valence electrons. The molecule has 0 N–H and O–H groups in total. The van der Waals surface area contributed by atoms with Gasteiger partial charge in [-0.25, -0.2) is 4.79 Å². The van der Waals surface area contributed by atoms with Crippen molar-refractivity contribution >= 4 is 52.3 Å². The van der Waals surface area contributed by atoms with E-state index in [0.29, 0.717) is 21.5 Å². The van der Waals surface area contributed by atoms with Gasteiger partial charge < -0.3 is 14.2 Å². The first-order valence-corrected chi connectivity index (χ1v) is 11.8. The minimum atomic E-state index is -0.478. The van der Waals surface area contributed by atoms with E-state index in [2.05, 4.69) is 0 Å². The average Bonchev–Trinajstić information content (AvgIpc) is 3.43. The summed E-state index contributed by atoms with van der Waals surface area (Å²) >= 11 is 6.68. The number of thioether (sulfide) groups is 1. The van der Waals surface area contributed by atoms with Gasteiger partial charge >= 0.3 is 5.97 Å². The third kappa shape index (κ3) is 6.10. The summed E-state index contributed by atoms with van der Waals surface area (Å²) < 4.78 is 16.6. The Morgan fingerprint density at radius 2 is 1.85 bits per heavy atom. The number of hydrogen-bond acceptors (Lipinski definition) is 7. The van der Waals surface area contributed by atoms with Crippen molar-refractivity contribution in [3.8, 4) is 11.5 Å². The van der Waals surface area contributed by atoms with E-state index in [-0.39, 0.29) is 12.0 Å². The minimum Gasteiger partial charge on any atom is -0.497 e. The number of carbonyl (C=O) groups excluding carboxylic acids is 2. The van der Waals surface area contributed by atoms with Crippen LogP contribution < -0.4 is 9.47 Å². The Kier molecular flexibility index (Phi) is 7.59.